The number of fused-ring (bicyclic) bond motifs is 1. The number of para-hydroxylation sites is 1. The van der Waals surface area contributed by atoms with E-state index in [4.69, 9.17) is 9.52 Å². The van der Waals surface area contributed by atoms with Gasteiger partial charge in [-0.1, -0.05) is 31.5 Å². The maximum atomic E-state index is 10.6. The molecule has 2 rings (SSSR count). The maximum Gasteiger partial charge on any atom is 0.328 e. The van der Waals surface area contributed by atoms with E-state index in [1.165, 1.54) is 0 Å². The van der Waals surface area contributed by atoms with Crippen LogP contribution in [0.1, 0.15) is 31.1 Å². The van der Waals surface area contributed by atoms with Gasteiger partial charge in [0.15, 0.2) is 0 Å². The van der Waals surface area contributed by atoms with Crippen LogP contribution in [-0.4, -0.2) is 11.1 Å². The summed E-state index contributed by atoms with van der Waals surface area (Å²) in [7, 11) is 0. The van der Waals surface area contributed by atoms with Crippen LogP contribution in [0.3, 0.4) is 0 Å². The molecule has 18 heavy (non-hydrogen) atoms. The third kappa shape index (κ3) is 2.62. The number of hydrogen-bond donors (Lipinski definition) is 1. The molecule has 0 aliphatic carbocycles. The topological polar surface area (TPSA) is 50.4 Å². The number of aryl methyl sites for hydroxylation is 1. The second kappa shape index (κ2) is 5.54. The molecule has 0 bridgehead atoms. The van der Waals surface area contributed by atoms with Gasteiger partial charge in [-0.25, -0.2) is 4.79 Å². The molecule has 0 fully saturated rings. The van der Waals surface area contributed by atoms with E-state index in [0.717, 1.165) is 47.6 Å². The minimum absolute atomic E-state index is 0.814. The summed E-state index contributed by atoms with van der Waals surface area (Å²) in [5.41, 5.74) is 1.70. The first-order valence-electron chi connectivity index (χ1n) is 6.13. The second-order valence-electron chi connectivity index (χ2n) is 4.21. The molecular weight excluding hydrogens is 228 g/mol. The van der Waals surface area contributed by atoms with Gasteiger partial charge in [0.25, 0.3) is 0 Å². The van der Waals surface area contributed by atoms with E-state index >= 15 is 0 Å². The Balaban J connectivity index is 2.47. The molecule has 1 heterocycles. The Hall–Kier alpha value is -2.03. The summed E-state index contributed by atoms with van der Waals surface area (Å²) in [6.45, 7) is 2.12. The van der Waals surface area contributed by atoms with Crippen LogP contribution in [-0.2, 0) is 11.2 Å². The summed E-state index contributed by atoms with van der Waals surface area (Å²) >= 11 is 0. The minimum Gasteiger partial charge on any atom is -0.478 e. The monoisotopic (exact) mass is 244 g/mol. The Morgan fingerprint density at radius 3 is 2.89 bits per heavy atom. The normalized spacial score (nSPS) is 11.4. The Kier molecular flexibility index (Phi) is 3.82. The lowest BCUT2D eigenvalue weighted by Crippen LogP contribution is -1.88. The zero-order chi connectivity index (χ0) is 13.0. The Labute approximate surface area is 106 Å². The van der Waals surface area contributed by atoms with E-state index in [0.29, 0.717) is 0 Å². The highest BCUT2D eigenvalue weighted by Gasteiger charge is 2.11. The fourth-order valence-corrected chi connectivity index (χ4v) is 1.98. The first-order valence-corrected chi connectivity index (χ1v) is 6.13. The van der Waals surface area contributed by atoms with Gasteiger partial charge >= 0.3 is 5.97 Å². The van der Waals surface area contributed by atoms with Crippen molar-refractivity contribution in [1.82, 2.24) is 0 Å². The molecule has 0 saturated carbocycles. The summed E-state index contributed by atoms with van der Waals surface area (Å²) in [4.78, 5) is 10.6. The number of carboxylic acid groups (broad SMARTS) is 1. The molecule has 0 amide bonds. The molecule has 0 radical (unpaired) electrons. The molecule has 0 aliphatic heterocycles. The van der Waals surface area contributed by atoms with Crippen LogP contribution in [0.4, 0.5) is 0 Å². The van der Waals surface area contributed by atoms with Crippen LogP contribution in [0.15, 0.2) is 34.8 Å². The van der Waals surface area contributed by atoms with Gasteiger partial charge in [0.05, 0.1) is 0 Å². The molecule has 3 heteroatoms. The third-order valence-corrected chi connectivity index (χ3v) is 2.86. The summed E-state index contributed by atoms with van der Waals surface area (Å²) in [5, 5.41) is 9.71. The van der Waals surface area contributed by atoms with Crippen molar-refractivity contribution >= 4 is 23.0 Å². The zero-order valence-electron chi connectivity index (χ0n) is 10.3. The molecule has 2 aromatic rings. The third-order valence-electron chi connectivity index (χ3n) is 2.86. The predicted molar refractivity (Wildman–Crippen MR) is 71.5 cm³/mol. The fraction of sp³-hybridized carbons (Fsp3) is 0.267. The molecule has 3 nitrogen and oxygen atoms in total. The first kappa shape index (κ1) is 12.4. The van der Waals surface area contributed by atoms with E-state index < -0.39 is 5.97 Å². The van der Waals surface area contributed by atoms with E-state index in [9.17, 15) is 4.79 Å². The molecule has 0 aliphatic rings. The number of carbonyl (C=O) groups is 1. The maximum absolute atomic E-state index is 10.6. The second-order valence-corrected chi connectivity index (χ2v) is 4.21. The Morgan fingerprint density at radius 2 is 2.17 bits per heavy atom. The van der Waals surface area contributed by atoms with Crippen LogP contribution in [0.25, 0.3) is 17.0 Å². The summed E-state index contributed by atoms with van der Waals surface area (Å²) in [6.07, 6.45) is 5.74. The van der Waals surface area contributed by atoms with E-state index in [1.807, 2.05) is 24.3 Å². The van der Waals surface area contributed by atoms with Crippen molar-refractivity contribution in [3.63, 3.8) is 0 Å². The van der Waals surface area contributed by atoms with Gasteiger partial charge in [-0.2, -0.15) is 0 Å². The van der Waals surface area contributed by atoms with Gasteiger partial charge in [0.2, 0.25) is 0 Å². The molecule has 1 aromatic heterocycles. The fourth-order valence-electron chi connectivity index (χ4n) is 1.98. The lowest BCUT2D eigenvalue weighted by atomic mass is 10.1. The molecule has 94 valence electrons. The highest BCUT2D eigenvalue weighted by molar-refractivity contribution is 5.93. The van der Waals surface area contributed by atoms with Crippen LogP contribution >= 0.6 is 0 Å². The highest BCUT2D eigenvalue weighted by Crippen LogP contribution is 2.28. The summed E-state index contributed by atoms with van der Waals surface area (Å²) in [6, 6.07) is 7.71. The number of unbranched alkanes of at least 4 members (excludes halogenated alkanes) is 1. The lowest BCUT2D eigenvalue weighted by Gasteiger charge is -1.96. The van der Waals surface area contributed by atoms with Gasteiger partial charge in [-0.05, 0) is 18.6 Å². The molecule has 0 spiro atoms. The molecule has 0 saturated heterocycles. The standard InChI is InChI=1S/C15H16O3/c1-2-3-7-13-12(9-10-15(16)17)11-6-4-5-8-14(11)18-13/h4-6,8-10H,2-3,7H2,1H3,(H,16,17)/b10-9+. The molecule has 1 N–H and O–H groups in total. The van der Waals surface area contributed by atoms with Crippen LogP contribution < -0.4 is 0 Å². The first-order chi connectivity index (χ1) is 8.72. The van der Waals surface area contributed by atoms with Crippen molar-refractivity contribution in [2.75, 3.05) is 0 Å². The molecule has 1 aromatic carbocycles. The average Bonchev–Trinajstić information content (AvgIpc) is 2.71. The average molecular weight is 244 g/mol. The number of aliphatic carboxylic acids is 1. The van der Waals surface area contributed by atoms with E-state index in [1.54, 1.807) is 6.08 Å². The van der Waals surface area contributed by atoms with Crippen molar-refractivity contribution in [1.29, 1.82) is 0 Å². The van der Waals surface area contributed by atoms with Crippen LogP contribution in [0.2, 0.25) is 0 Å². The smallest absolute Gasteiger partial charge is 0.328 e. The van der Waals surface area contributed by atoms with Crippen molar-refractivity contribution in [3.05, 3.63) is 41.7 Å². The van der Waals surface area contributed by atoms with Crippen LogP contribution in [0, 0.1) is 0 Å². The zero-order valence-corrected chi connectivity index (χ0v) is 10.3. The predicted octanol–water partition coefficient (Wildman–Crippen LogP) is 3.87. The van der Waals surface area contributed by atoms with Crippen molar-refractivity contribution in [3.8, 4) is 0 Å². The molecular formula is C15H16O3. The van der Waals surface area contributed by atoms with Gasteiger partial charge in [-0.15, -0.1) is 0 Å². The number of furan rings is 1. The van der Waals surface area contributed by atoms with Gasteiger partial charge in [0.1, 0.15) is 11.3 Å². The van der Waals surface area contributed by atoms with Gasteiger partial charge < -0.3 is 9.52 Å². The Morgan fingerprint density at radius 1 is 1.39 bits per heavy atom. The van der Waals surface area contributed by atoms with Crippen molar-refractivity contribution in [2.24, 2.45) is 0 Å². The van der Waals surface area contributed by atoms with Crippen molar-refractivity contribution < 1.29 is 14.3 Å². The highest BCUT2D eigenvalue weighted by atomic mass is 16.4. The largest absolute Gasteiger partial charge is 0.478 e. The van der Waals surface area contributed by atoms with Gasteiger partial charge in [-0.3, -0.25) is 0 Å². The van der Waals surface area contributed by atoms with Crippen molar-refractivity contribution in [2.45, 2.75) is 26.2 Å². The SMILES string of the molecule is CCCCc1oc2ccccc2c1/C=C/C(=O)O. The van der Waals surface area contributed by atoms with E-state index in [-0.39, 0.29) is 0 Å². The Bertz CT molecular complexity index is 578. The number of benzene rings is 1. The van der Waals surface area contributed by atoms with Gasteiger partial charge in [0, 0.05) is 23.4 Å². The minimum atomic E-state index is -0.943. The summed E-state index contributed by atoms with van der Waals surface area (Å²) < 4.78 is 5.79. The number of hydrogen-bond acceptors (Lipinski definition) is 2. The molecule has 0 atom stereocenters. The molecule has 0 unspecified atom stereocenters. The lowest BCUT2D eigenvalue weighted by molar-refractivity contribution is -0.131. The number of rotatable bonds is 5. The summed E-state index contributed by atoms with van der Waals surface area (Å²) in [5.74, 6) is -0.0720. The van der Waals surface area contributed by atoms with E-state index in [2.05, 4.69) is 6.92 Å². The van der Waals surface area contributed by atoms with Crippen LogP contribution in [0.5, 0.6) is 0 Å². The number of carboxylic acids is 1. The quantitative estimate of drug-likeness (QED) is 0.812.